The molecule has 0 unspecified atom stereocenters. The highest BCUT2D eigenvalue weighted by Gasteiger charge is 2.23. The minimum atomic E-state index is -3.22. The summed E-state index contributed by atoms with van der Waals surface area (Å²) >= 11 is 0. The van der Waals surface area contributed by atoms with Crippen LogP contribution in [0, 0.1) is 0 Å². The van der Waals surface area contributed by atoms with E-state index >= 15 is 0 Å². The number of sulfone groups is 1. The lowest BCUT2D eigenvalue weighted by Crippen LogP contribution is -2.42. The Balaban J connectivity index is 2.75. The number of esters is 1. The number of methoxy groups -OCH3 is 1. The monoisotopic (exact) mass is 299 g/mol. The van der Waals surface area contributed by atoms with Gasteiger partial charge in [0.05, 0.1) is 12.9 Å². The van der Waals surface area contributed by atoms with E-state index in [2.05, 4.69) is 10.1 Å². The number of carbonyl (C=O) groups excluding carboxylic acids is 2. The van der Waals surface area contributed by atoms with E-state index in [9.17, 15) is 18.0 Å². The van der Waals surface area contributed by atoms with Crippen molar-refractivity contribution >= 4 is 21.7 Å². The van der Waals surface area contributed by atoms with Crippen LogP contribution in [0.15, 0.2) is 30.3 Å². The number of amides is 1. The SMILES string of the molecule is COC(=O)[C@H](CCS(C)(=O)=O)NC(=O)c1ccccc1. The van der Waals surface area contributed by atoms with Crippen molar-refractivity contribution in [1.29, 1.82) is 0 Å². The third-order valence-corrected chi connectivity index (χ3v) is 3.58. The minimum absolute atomic E-state index is 0.0237. The van der Waals surface area contributed by atoms with Gasteiger partial charge in [-0.05, 0) is 18.6 Å². The Morgan fingerprint density at radius 3 is 2.35 bits per heavy atom. The van der Waals surface area contributed by atoms with E-state index in [-0.39, 0.29) is 12.2 Å². The summed E-state index contributed by atoms with van der Waals surface area (Å²) in [4.78, 5) is 23.5. The van der Waals surface area contributed by atoms with Gasteiger partial charge in [0.1, 0.15) is 15.9 Å². The lowest BCUT2D eigenvalue weighted by atomic mass is 10.1. The smallest absolute Gasteiger partial charge is 0.328 e. The molecule has 6 nitrogen and oxygen atoms in total. The molecule has 0 bridgehead atoms. The Morgan fingerprint density at radius 1 is 1.25 bits per heavy atom. The van der Waals surface area contributed by atoms with Gasteiger partial charge in [-0.3, -0.25) is 4.79 Å². The molecule has 0 radical (unpaired) electrons. The summed E-state index contributed by atoms with van der Waals surface area (Å²) in [6, 6.07) is 7.36. The molecule has 7 heteroatoms. The van der Waals surface area contributed by atoms with E-state index in [1.807, 2.05) is 0 Å². The van der Waals surface area contributed by atoms with E-state index in [0.29, 0.717) is 5.56 Å². The Bertz CT molecular complexity index is 568. The molecule has 0 heterocycles. The lowest BCUT2D eigenvalue weighted by molar-refractivity contribution is -0.142. The average molecular weight is 299 g/mol. The van der Waals surface area contributed by atoms with Crippen LogP contribution in [0.4, 0.5) is 0 Å². The molecule has 0 spiro atoms. The fourth-order valence-electron chi connectivity index (χ4n) is 1.55. The third-order valence-electron chi connectivity index (χ3n) is 2.60. The number of nitrogens with one attached hydrogen (secondary N) is 1. The highest BCUT2D eigenvalue weighted by Crippen LogP contribution is 2.03. The molecule has 1 aromatic rings. The topological polar surface area (TPSA) is 89.5 Å². The van der Waals surface area contributed by atoms with Gasteiger partial charge >= 0.3 is 5.97 Å². The van der Waals surface area contributed by atoms with Gasteiger partial charge in [-0.1, -0.05) is 18.2 Å². The second-order valence-electron chi connectivity index (χ2n) is 4.33. The van der Waals surface area contributed by atoms with E-state index in [0.717, 1.165) is 6.26 Å². The number of rotatable bonds is 6. The number of benzene rings is 1. The van der Waals surface area contributed by atoms with Gasteiger partial charge < -0.3 is 10.1 Å². The van der Waals surface area contributed by atoms with Crippen molar-refractivity contribution in [2.75, 3.05) is 19.1 Å². The Hall–Kier alpha value is -1.89. The summed E-state index contributed by atoms with van der Waals surface area (Å²) in [5, 5.41) is 2.48. The standard InChI is InChI=1S/C13H17NO5S/c1-19-13(16)11(8-9-20(2,17)18)14-12(15)10-6-4-3-5-7-10/h3-7,11H,8-9H2,1-2H3,(H,14,15)/t11-/m0/s1. The van der Waals surface area contributed by atoms with E-state index in [1.54, 1.807) is 30.3 Å². The molecule has 20 heavy (non-hydrogen) atoms. The van der Waals surface area contributed by atoms with Gasteiger partial charge in [0, 0.05) is 11.8 Å². The van der Waals surface area contributed by atoms with Crippen LogP contribution in [0.3, 0.4) is 0 Å². The molecule has 1 aromatic carbocycles. The van der Waals surface area contributed by atoms with Crippen molar-refractivity contribution in [3.63, 3.8) is 0 Å². The summed E-state index contributed by atoms with van der Waals surface area (Å²) in [6.07, 6.45) is 1.05. The van der Waals surface area contributed by atoms with Crippen LogP contribution in [0.2, 0.25) is 0 Å². The second-order valence-corrected chi connectivity index (χ2v) is 6.59. The maximum Gasteiger partial charge on any atom is 0.328 e. The third kappa shape index (κ3) is 5.40. The lowest BCUT2D eigenvalue weighted by Gasteiger charge is -2.16. The first kappa shape index (κ1) is 16.2. The van der Waals surface area contributed by atoms with Crippen LogP contribution >= 0.6 is 0 Å². The molecular weight excluding hydrogens is 282 g/mol. The van der Waals surface area contributed by atoms with Crippen LogP contribution in [0.1, 0.15) is 16.8 Å². The molecule has 110 valence electrons. The van der Waals surface area contributed by atoms with Crippen LogP contribution in [-0.4, -0.2) is 45.5 Å². The normalized spacial score (nSPS) is 12.5. The second kappa shape index (κ2) is 7.04. The van der Waals surface area contributed by atoms with Gasteiger partial charge in [-0.25, -0.2) is 13.2 Å². The van der Waals surface area contributed by atoms with E-state index in [1.165, 1.54) is 7.11 Å². The zero-order valence-electron chi connectivity index (χ0n) is 11.3. The van der Waals surface area contributed by atoms with Gasteiger partial charge in [-0.2, -0.15) is 0 Å². The Labute approximate surface area is 118 Å². The number of hydrogen-bond acceptors (Lipinski definition) is 5. The largest absolute Gasteiger partial charge is 0.467 e. The predicted molar refractivity (Wildman–Crippen MR) is 74.0 cm³/mol. The summed E-state index contributed by atoms with van der Waals surface area (Å²) in [5.74, 6) is -1.32. The molecule has 1 rings (SSSR count). The van der Waals surface area contributed by atoms with Gasteiger partial charge in [0.25, 0.3) is 5.91 Å². The van der Waals surface area contributed by atoms with Gasteiger partial charge in [0.2, 0.25) is 0 Å². The zero-order chi connectivity index (χ0) is 15.2. The van der Waals surface area contributed by atoms with Crippen LogP contribution in [0.5, 0.6) is 0 Å². The molecule has 1 amide bonds. The molecule has 0 aliphatic heterocycles. The quantitative estimate of drug-likeness (QED) is 0.768. The van der Waals surface area contributed by atoms with E-state index in [4.69, 9.17) is 0 Å². The molecule has 1 atom stereocenters. The average Bonchev–Trinajstić information content (AvgIpc) is 2.42. The van der Waals surface area contributed by atoms with E-state index < -0.39 is 27.8 Å². The molecule has 1 N–H and O–H groups in total. The summed E-state index contributed by atoms with van der Waals surface area (Å²) < 4.78 is 26.8. The maximum atomic E-state index is 11.9. The van der Waals surface area contributed by atoms with Gasteiger partial charge in [-0.15, -0.1) is 0 Å². The predicted octanol–water partition coefficient (Wildman–Crippen LogP) is 0.393. The minimum Gasteiger partial charge on any atom is -0.467 e. The number of ether oxygens (including phenoxy) is 1. The van der Waals surface area contributed by atoms with Crippen molar-refractivity contribution in [3.8, 4) is 0 Å². The van der Waals surface area contributed by atoms with Crippen molar-refractivity contribution in [2.45, 2.75) is 12.5 Å². The molecule has 0 aliphatic rings. The molecule has 0 saturated carbocycles. The molecule has 0 saturated heterocycles. The summed E-state index contributed by atoms with van der Waals surface area (Å²) in [6.45, 7) is 0. The van der Waals surface area contributed by atoms with Crippen molar-refractivity contribution in [2.24, 2.45) is 0 Å². The van der Waals surface area contributed by atoms with Crippen molar-refractivity contribution < 1.29 is 22.7 Å². The fourth-order valence-corrected chi connectivity index (χ4v) is 2.22. The Morgan fingerprint density at radius 2 is 1.85 bits per heavy atom. The summed E-state index contributed by atoms with van der Waals surface area (Å²) in [5.41, 5.74) is 0.390. The van der Waals surface area contributed by atoms with Crippen LogP contribution < -0.4 is 5.32 Å². The first-order valence-electron chi connectivity index (χ1n) is 5.95. The highest BCUT2D eigenvalue weighted by molar-refractivity contribution is 7.90. The van der Waals surface area contributed by atoms with Crippen molar-refractivity contribution in [3.05, 3.63) is 35.9 Å². The molecule has 0 fully saturated rings. The Kier molecular flexibility index (Phi) is 5.69. The first-order chi connectivity index (χ1) is 9.33. The van der Waals surface area contributed by atoms with Crippen LogP contribution in [0.25, 0.3) is 0 Å². The highest BCUT2D eigenvalue weighted by atomic mass is 32.2. The molecule has 0 aliphatic carbocycles. The number of hydrogen-bond donors (Lipinski definition) is 1. The van der Waals surface area contributed by atoms with Gasteiger partial charge in [0.15, 0.2) is 0 Å². The maximum absolute atomic E-state index is 11.9. The number of carbonyl (C=O) groups is 2. The molecular formula is C13H17NO5S. The fraction of sp³-hybridized carbons (Fsp3) is 0.385. The molecule has 0 aromatic heterocycles. The summed E-state index contributed by atoms with van der Waals surface area (Å²) in [7, 11) is -2.04. The van der Waals surface area contributed by atoms with Crippen LogP contribution in [-0.2, 0) is 19.4 Å². The zero-order valence-corrected chi connectivity index (χ0v) is 12.1. The van der Waals surface area contributed by atoms with Crippen molar-refractivity contribution in [1.82, 2.24) is 5.32 Å². The first-order valence-corrected chi connectivity index (χ1v) is 8.01.